The fraction of sp³-hybridized carbons (Fsp3) is 0.167. The van der Waals surface area contributed by atoms with Crippen molar-refractivity contribution in [1.82, 2.24) is 14.8 Å². The van der Waals surface area contributed by atoms with Crippen LogP contribution in [0.4, 0.5) is 5.69 Å². The molecule has 12 heteroatoms. The highest BCUT2D eigenvalue weighted by Gasteiger charge is 2.17. The maximum absolute atomic E-state index is 12.3. The van der Waals surface area contributed by atoms with Crippen LogP contribution in [0.5, 0.6) is 5.75 Å². The van der Waals surface area contributed by atoms with Crippen molar-refractivity contribution in [3.63, 3.8) is 0 Å². The molecule has 0 aliphatic heterocycles. The predicted molar refractivity (Wildman–Crippen MR) is 118 cm³/mol. The summed E-state index contributed by atoms with van der Waals surface area (Å²) in [4.78, 5) is 12.2. The summed E-state index contributed by atoms with van der Waals surface area (Å²) in [6, 6.07) is 10.6. The number of carbonyl (C=O) groups is 1. The number of sulfonamides is 1. The monoisotopic (exact) mass is 511 g/mol. The SMILES string of the molecule is CCn1c(SCC(=O)Nc2ccc(S(N)(=O)=O)cc2)nnc1-c1cc(Br)ccc1O. The van der Waals surface area contributed by atoms with Gasteiger partial charge in [0.05, 0.1) is 16.2 Å². The van der Waals surface area contributed by atoms with Crippen LogP contribution in [0.15, 0.2) is 57.0 Å². The van der Waals surface area contributed by atoms with Gasteiger partial charge in [0, 0.05) is 16.7 Å². The van der Waals surface area contributed by atoms with Crippen molar-refractivity contribution in [2.45, 2.75) is 23.5 Å². The number of anilines is 1. The van der Waals surface area contributed by atoms with Crippen molar-refractivity contribution in [1.29, 1.82) is 0 Å². The van der Waals surface area contributed by atoms with Crippen LogP contribution in [0.3, 0.4) is 0 Å². The Morgan fingerprint density at radius 1 is 1.23 bits per heavy atom. The van der Waals surface area contributed by atoms with Crippen LogP contribution in [0, 0.1) is 0 Å². The lowest BCUT2D eigenvalue weighted by atomic mass is 10.2. The molecule has 0 saturated carbocycles. The summed E-state index contributed by atoms with van der Waals surface area (Å²) in [6.45, 7) is 2.46. The highest BCUT2D eigenvalue weighted by molar-refractivity contribution is 9.10. The van der Waals surface area contributed by atoms with Gasteiger partial charge < -0.3 is 15.0 Å². The van der Waals surface area contributed by atoms with Crippen LogP contribution in [-0.2, 0) is 21.4 Å². The fourth-order valence-electron chi connectivity index (χ4n) is 2.62. The average molecular weight is 512 g/mol. The van der Waals surface area contributed by atoms with Gasteiger partial charge in [0.1, 0.15) is 5.75 Å². The number of nitrogens with one attached hydrogen (secondary N) is 1. The molecule has 0 aliphatic carbocycles. The van der Waals surface area contributed by atoms with E-state index in [9.17, 15) is 18.3 Å². The molecule has 1 amide bonds. The van der Waals surface area contributed by atoms with Gasteiger partial charge in [-0.15, -0.1) is 10.2 Å². The highest BCUT2D eigenvalue weighted by Crippen LogP contribution is 2.32. The number of halogens is 1. The van der Waals surface area contributed by atoms with Crippen LogP contribution in [0.1, 0.15) is 6.92 Å². The predicted octanol–water partition coefficient (Wildman–Crippen LogP) is 2.81. The number of carbonyl (C=O) groups excluding carboxylic acids is 1. The van der Waals surface area contributed by atoms with E-state index in [-0.39, 0.29) is 22.3 Å². The summed E-state index contributed by atoms with van der Waals surface area (Å²) in [6.07, 6.45) is 0. The third-order valence-electron chi connectivity index (χ3n) is 4.03. The molecule has 2 aromatic carbocycles. The zero-order valence-electron chi connectivity index (χ0n) is 15.7. The summed E-state index contributed by atoms with van der Waals surface area (Å²) in [5.74, 6) is 0.357. The number of hydrogen-bond acceptors (Lipinski definition) is 7. The highest BCUT2D eigenvalue weighted by atomic mass is 79.9. The second-order valence-electron chi connectivity index (χ2n) is 6.12. The molecule has 0 saturated heterocycles. The Hall–Kier alpha value is -2.41. The zero-order chi connectivity index (χ0) is 21.9. The van der Waals surface area contributed by atoms with E-state index in [0.29, 0.717) is 28.8 Å². The Balaban J connectivity index is 1.69. The normalized spacial score (nSPS) is 11.4. The standard InChI is InChI=1S/C18H18BrN5O4S2/c1-2-24-17(14-9-11(19)3-8-15(14)25)22-23-18(24)29-10-16(26)21-12-4-6-13(7-5-12)30(20,27)28/h3-9,25H,2,10H2,1H3,(H,21,26)(H2,20,27,28). The lowest BCUT2D eigenvalue weighted by Gasteiger charge is -2.09. The fourth-order valence-corrected chi connectivity index (χ4v) is 4.30. The molecule has 9 nitrogen and oxygen atoms in total. The molecule has 0 atom stereocenters. The minimum atomic E-state index is -3.78. The molecule has 0 aliphatic rings. The first-order chi connectivity index (χ1) is 14.2. The molecule has 4 N–H and O–H groups in total. The molecule has 0 fully saturated rings. The van der Waals surface area contributed by atoms with Gasteiger partial charge in [-0.25, -0.2) is 13.6 Å². The van der Waals surface area contributed by atoms with E-state index >= 15 is 0 Å². The van der Waals surface area contributed by atoms with Crippen molar-refractivity contribution in [3.8, 4) is 17.1 Å². The van der Waals surface area contributed by atoms with E-state index in [1.165, 1.54) is 36.0 Å². The number of primary sulfonamides is 1. The van der Waals surface area contributed by atoms with Crippen molar-refractivity contribution in [3.05, 3.63) is 46.9 Å². The lowest BCUT2D eigenvalue weighted by Crippen LogP contribution is -2.15. The number of phenols is 1. The Morgan fingerprint density at radius 3 is 2.57 bits per heavy atom. The molecule has 1 aromatic heterocycles. The Kier molecular flexibility index (Phi) is 6.81. The van der Waals surface area contributed by atoms with Crippen molar-refractivity contribution in [2.24, 2.45) is 5.14 Å². The first kappa shape index (κ1) is 22.3. The molecule has 0 spiro atoms. The van der Waals surface area contributed by atoms with Gasteiger partial charge in [-0.1, -0.05) is 27.7 Å². The van der Waals surface area contributed by atoms with Crippen molar-refractivity contribution < 1.29 is 18.3 Å². The minimum Gasteiger partial charge on any atom is -0.507 e. The van der Waals surface area contributed by atoms with E-state index in [1.54, 1.807) is 22.8 Å². The molecular formula is C18H18BrN5O4S2. The van der Waals surface area contributed by atoms with Crippen LogP contribution in [0.2, 0.25) is 0 Å². The number of aromatic hydroxyl groups is 1. The van der Waals surface area contributed by atoms with E-state index in [1.807, 2.05) is 6.92 Å². The van der Waals surface area contributed by atoms with Gasteiger partial charge in [0.25, 0.3) is 0 Å². The molecule has 30 heavy (non-hydrogen) atoms. The number of nitrogens with zero attached hydrogens (tertiary/aromatic N) is 3. The van der Waals surface area contributed by atoms with Gasteiger partial charge in [-0.2, -0.15) is 0 Å². The summed E-state index contributed by atoms with van der Waals surface area (Å²) in [5, 5.41) is 26.7. The summed E-state index contributed by atoms with van der Waals surface area (Å²) in [7, 11) is -3.78. The number of nitrogens with two attached hydrogens (primary N) is 1. The lowest BCUT2D eigenvalue weighted by molar-refractivity contribution is -0.113. The smallest absolute Gasteiger partial charge is 0.238 e. The third kappa shape index (κ3) is 5.19. The van der Waals surface area contributed by atoms with E-state index < -0.39 is 10.0 Å². The molecule has 0 radical (unpaired) electrons. The summed E-state index contributed by atoms with van der Waals surface area (Å²) in [5.41, 5.74) is 0.981. The number of hydrogen-bond donors (Lipinski definition) is 3. The number of rotatable bonds is 7. The van der Waals surface area contributed by atoms with Gasteiger partial charge >= 0.3 is 0 Å². The summed E-state index contributed by atoms with van der Waals surface area (Å²) < 4.78 is 25.2. The van der Waals surface area contributed by atoms with Gasteiger partial charge in [0.2, 0.25) is 15.9 Å². The van der Waals surface area contributed by atoms with E-state index in [4.69, 9.17) is 5.14 Å². The van der Waals surface area contributed by atoms with Crippen molar-refractivity contribution in [2.75, 3.05) is 11.1 Å². The van der Waals surface area contributed by atoms with Crippen LogP contribution in [0.25, 0.3) is 11.4 Å². The minimum absolute atomic E-state index is 0.0331. The Morgan fingerprint density at radius 2 is 1.93 bits per heavy atom. The number of aromatic nitrogens is 3. The Labute approximate surface area is 185 Å². The van der Waals surface area contributed by atoms with Gasteiger partial charge in [-0.05, 0) is 49.4 Å². The molecule has 3 aromatic rings. The van der Waals surface area contributed by atoms with E-state index in [0.717, 1.165) is 4.47 Å². The van der Waals surface area contributed by atoms with Gasteiger partial charge in [-0.3, -0.25) is 4.79 Å². The second kappa shape index (κ2) is 9.16. The Bertz CT molecular complexity index is 1180. The summed E-state index contributed by atoms with van der Waals surface area (Å²) >= 11 is 4.58. The second-order valence-corrected chi connectivity index (χ2v) is 9.54. The van der Waals surface area contributed by atoms with E-state index in [2.05, 4.69) is 31.4 Å². The number of benzene rings is 2. The number of phenolic OH excluding ortho intramolecular Hbond substituents is 1. The molecule has 0 bridgehead atoms. The van der Waals surface area contributed by atoms with Crippen LogP contribution < -0.4 is 10.5 Å². The van der Waals surface area contributed by atoms with Crippen LogP contribution >= 0.6 is 27.7 Å². The quantitative estimate of drug-likeness (QED) is 0.414. The largest absolute Gasteiger partial charge is 0.507 e. The maximum Gasteiger partial charge on any atom is 0.238 e. The zero-order valence-corrected chi connectivity index (χ0v) is 19.0. The maximum atomic E-state index is 12.3. The van der Waals surface area contributed by atoms with Crippen molar-refractivity contribution >= 4 is 49.3 Å². The molecular weight excluding hydrogens is 494 g/mol. The topological polar surface area (TPSA) is 140 Å². The first-order valence-electron chi connectivity index (χ1n) is 8.66. The number of amides is 1. The number of thioether (sulfide) groups is 1. The molecule has 158 valence electrons. The van der Waals surface area contributed by atoms with Crippen LogP contribution in [-0.4, -0.2) is 39.9 Å². The molecule has 3 rings (SSSR count). The first-order valence-corrected chi connectivity index (χ1v) is 12.0. The molecule has 1 heterocycles. The third-order valence-corrected chi connectivity index (χ3v) is 6.42. The average Bonchev–Trinajstić information content (AvgIpc) is 3.10. The molecule has 0 unspecified atom stereocenters. The van der Waals surface area contributed by atoms with Gasteiger partial charge in [0.15, 0.2) is 11.0 Å².